The number of carboxylic acids is 1. The summed E-state index contributed by atoms with van der Waals surface area (Å²) in [6.07, 6.45) is -4.59. The maximum atomic E-state index is 13.0. The fourth-order valence-corrected chi connectivity index (χ4v) is 10.0. The van der Waals surface area contributed by atoms with Gasteiger partial charge in [-0.05, 0) is 98.5 Å². The minimum atomic E-state index is -5.08. The number of hydrogen-bond acceptors (Lipinski definition) is 8. The molecule has 2 aliphatic heterocycles. The molecule has 3 saturated carbocycles. The van der Waals surface area contributed by atoms with E-state index in [4.69, 9.17) is 15.0 Å². The lowest BCUT2D eigenvalue weighted by Gasteiger charge is -2.70. The smallest absolute Gasteiger partial charge is 0.475 e. The highest BCUT2D eigenvalue weighted by Crippen LogP contribution is 2.68. The first-order chi connectivity index (χ1) is 25.6. The Bertz CT molecular complexity index is 2300. The third-order valence-corrected chi connectivity index (χ3v) is 12.3. The van der Waals surface area contributed by atoms with E-state index in [0.717, 1.165) is 75.7 Å². The Kier molecular flexibility index (Phi) is 9.38. The number of hydrogen-bond donors (Lipinski definition) is 3. The zero-order chi connectivity index (χ0) is 39.8. The van der Waals surface area contributed by atoms with Gasteiger partial charge < -0.3 is 14.6 Å². The first-order valence-corrected chi connectivity index (χ1v) is 19.1. The number of piperidine rings is 1. The van der Waals surface area contributed by atoms with Crippen LogP contribution in [0.25, 0.3) is 21.8 Å². The zero-order valence-corrected chi connectivity index (χ0v) is 30.5. The van der Waals surface area contributed by atoms with Gasteiger partial charge in [-0.3, -0.25) is 4.90 Å². The molecule has 2 saturated heterocycles. The first kappa shape index (κ1) is 38.8. The third-order valence-electron chi connectivity index (χ3n) is 11.6. The number of alkyl halides is 6. The van der Waals surface area contributed by atoms with E-state index in [0.29, 0.717) is 29.0 Å². The summed E-state index contributed by atoms with van der Waals surface area (Å²) in [6.45, 7) is 7.17. The normalized spacial score (nSPS) is 23.4. The number of aliphatic carboxylic acids is 1. The van der Waals surface area contributed by atoms with E-state index in [-0.39, 0.29) is 16.4 Å². The van der Waals surface area contributed by atoms with E-state index in [1.165, 1.54) is 23.5 Å². The molecule has 19 heteroatoms. The number of carbonyl (C=O) groups is 1. The van der Waals surface area contributed by atoms with Crippen LogP contribution in [-0.4, -0.2) is 83.0 Å². The average molecular weight is 793 g/mol. The Morgan fingerprint density at radius 3 is 2.25 bits per heavy atom. The van der Waals surface area contributed by atoms with Gasteiger partial charge in [0.25, 0.3) is 10.2 Å². The highest BCUT2D eigenvalue weighted by atomic mass is 32.2. The molecule has 9 rings (SSSR count). The Balaban J connectivity index is 0.000000609. The second-order valence-electron chi connectivity index (χ2n) is 15.7. The monoisotopic (exact) mass is 792 g/mol. The largest absolute Gasteiger partial charge is 0.490 e. The summed E-state index contributed by atoms with van der Waals surface area (Å²) in [5, 5.41) is 24.1. The van der Waals surface area contributed by atoms with Crippen LogP contribution in [0, 0.1) is 29.1 Å². The number of fused-ring (bicyclic) bond motifs is 2. The fraction of sp³-hybridized carbons (Fsp3) is 0.500. The number of nitrogens with one attached hydrogen (secondary N) is 1. The van der Waals surface area contributed by atoms with Crippen molar-refractivity contribution in [3.63, 3.8) is 0 Å². The number of anilines is 1. The number of benzene rings is 2. The topological polar surface area (TPSA) is 170 Å². The predicted octanol–water partition coefficient (Wildman–Crippen LogP) is 5.32. The van der Waals surface area contributed by atoms with Crippen LogP contribution in [0.1, 0.15) is 54.5 Å². The summed E-state index contributed by atoms with van der Waals surface area (Å²) in [7, 11) is -3.74. The molecule has 0 radical (unpaired) electrons. The van der Waals surface area contributed by atoms with Gasteiger partial charge in [0.15, 0.2) is 0 Å². The van der Waals surface area contributed by atoms with Crippen LogP contribution in [0.5, 0.6) is 0 Å². The van der Waals surface area contributed by atoms with E-state index in [1.54, 1.807) is 12.1 Å². The lowest BCUT2D eigenvalue weighted by molar-refractivity contribution is -0.192. The number of aromatic nitrogens is 3. The number of nitrogens with two attached hydrogens (primary N) is 1. The van der Waals surface area contributed by atoms with Gasteiger partial charge in [-0.25, -0.2) is 19.9 Å². The lowest BCUT2D eigenvalue weighted by atomic mass is 9.40. The second kappa shape index (κ2) is 13.3. The van der Waals surface area contributed by atoms with Crippen molar-refractivity contribution in [2.24, 2.45) is 16.0 Å². The molecule has 0 amide bonds. The Labute approximate surface area is 312 Å². The number of rotatable bonds is 8. The van der Waals surface area contributed by atoms with E-state index < -0.39 is 40.5 Å². The summed E-state index contributed by atoms with van der Waals surface area (Å²) in [4.78, 5) is 22.3. The molecular formula is C36H38F6N8O4S. The minimum absolute atomic E-state index is 0.0146. The molecule has 2 aromatic heterocycles. The molecule has 5 fully saturated rings. The molecule has 2 aromatic carbocycles. The van der Waals surface area contributed by atoms with Crippen molar-refractivity contribution in [3.8, 4) is 6.07 Å². The Morgan fingerprint density at radius 2 is 1.67 bits per heavy atom. The van der Waals surface area contributed by atoms with Crippen molar-refractivity contribution in [3.05, 3.63) is 65.1 Å². The number of halogens is 6. The number of aryl methyl sites for hydroxylation is 1. The van der Waals surface area contributed by atoms with Crippen molar-refractivity contribution in [1.82, 2.24) is 24.2 Å². The predicted molar refractivity (Wildman–Crippen MR) is 189 cm³/mol. The molecule has 1 spiro atoms. The van der Waals surface area contributed by atoms with Gasteiger partial charge >= 0.3 is 18.3 Å². The van der Waals surface area contributed by atoms with Crippen LogP contribution < -0.4 is 14.8 Å². The molecular weight excluding hydrogens is 755 g/mol. The maximum Gasteiger partial charge on any atom is 0.490 e. The number of nitrogens with zero attached hydrogens (tertiary/aromatic N) is 6. The highest BCUT2D eigenvalue weighted by Gasteiger charge is 2.68. The van der Waals surface area contributed by atoms with Crippen LogP contribution in [-0.2, 0) is 34.5 Å². The number of likely N-dealkylation sites (tertiary alicyclic amines) is 1. The Hall–Kier alpha value is -4.51. The summed E-state index contributed by atoms with van der Waals surface area (Å²) < 4.78 is 98.7. The molecule has 2 bridgehead atoms. The van der Waals surface area contributed by atoms with Crippen molar-refractivity contribution in [1.29, 1.82) is 5.26 Å². The number of carboxylic acid groups (broad SMARTS) is 1. The summed E-state index contributed by atoms with van der Waals surface area (Å²) in [6, 6.07) is 13.4. The molecule has 4 heterocycles. The molecule has 12 nitrogen and oxygen atoms in total. The van der Waals surface area contributed by atoms with Gasteiger partial charge in [-0.1, -0.05) is 12.1 Å². The average Bonchev–Trinajstić information content (AvgIpc) is 3.40. The number of nitriles is 1. The molecule has 0 unspecified atom stereocenters. The maximum absolute atomic E-state index is 13.0. The Morgan fingerprint density at radius 1 is 1.02 bits per heavy atom. The van der Waals surface area contributed by atoms with E-state index >= 15 is 0 Å². The van der Waals surface area contributed by atoms with Gasteiger partial charge in [-0.2, -0.15) is 44.7 Å². The molecule has 4 N–H and O–H groups in total. The van der Waals surface area contributed by atoms with Crippen LogP contribution in [0.3, 0.4) is 0 Å². The summed E-state index contributed by atoms with van der Waals surface area (Å²) in [5.41, 5.74) is 4.64. The fourth-order valence-electron chi connectivity index (χ4n) is 9.21. The summed E-state index contributed by atoms with van der Waals surface area (Å²) >= 11 is 0. The van der Waals surface area contributed by atoms with Crippen molar-refractivity contribution < 1.29 is 44.7 Å². The van der Waals surface area contributed by atoms with Gasteiger partial charge in [0.1, 0.15) is 23.9 Å². The molecule has 5 aliphatic rings. The lowest BCUT2D eigenvalue weighted by Crippen LogP contribution is -2.76. The SMILES string of the molecule is Cc1c(CN2CCC3(CC2)CN(c2ncnc4ccc(CC(F)(F)F)cc24)C3)ccc2c1cc(C#N)n2CC12CC(NS(N)(=O)=O)(C1)C2.O=C(O)C(F)(F)F. The van der Waals surface area contributed by atoms with Crippen LogP contribution >= 0.6 is 0 Å². The third kappa shape index (κ3) is 7.82. The van der Waals surface area contributed by atoms with Crippen LogP contribution in [0.4, 0.5) is 32.2 Å². The molecule has 294 valence electrons. The molecule has 55 heavy (non-hydrogen) atoms. The quantitative estimate of drug-likeness (QED) is 0.200. The van der Waals surface area contributed by atoms with E-state index in [9.17, 15) is 40.0 Å². The van der Waals surface area contributed by atoms with Gasteiger partial charge in [0, 0.05) is 53.4 Å². The first-order valence-electron chi connectivity index (χ1n) is 17.5. The van der Waals surface area contributed by atoms with Gasteiger partial charge in [0.2, 0.25) is 0 Å². The van der Waals surface area contributed by atoms with Crippen molar-refractivity contribution in [2.45, 2.75) is 76.4 Å². The van der Waals surface area contributed by atoms with Gasteiger partial charge in [0.05, 0.1) is 11.9 Å². The van der Waals surface area contributed by atoms with Crippen molar-refractivity contribution >= 4 is 43.8 Å². The highest BCUT2D eigenvalue weighted by molar-refractivity contribution is 7.87. The van der Waals surface area contributed by atoms with E-state index in [1.807, 2.05) is 6.07 Å². The van der Waals surface area contributed by atoms with Crippen LogP contribution in [0.15, 0.2) is 42.7 Å². The molecule has 3 aliphatic carbocycles. The minimum Gasteiger partial charge on any atom is -0.475 e. The zero-order valence-electron chi connectivity index (χ0n) is 29.6. The van der Waals surface area contributed by atoms with E-state index in [2.05, 4.69) is 54.2 Å². The standard InChI is InChI=1S/C34H37F3N8O2S.C2HF3O2/c1-22-24(3-5-29-26(22)11-25(13-38)45(29)20-32-15-33(16-32,17-32)42-48(39,46)47)14-43-8-6-31(7-9-43)18-44(19-31)30-27-10-23(12-34(35,36)37)2-4-28(27)40-21-41-30;3-2(4,5)1(6)7/h2-5,10-11,21,42H,6-9,12,14-20H2,1H3,(H2,39,46,47);(H,6,7). The molecule has 0 atom stereocenters. The van der Waals surface area contributed by atoms with Crippen molar-refractivity contribution in [2.75, 3.05) is 31.1 Å². The van der Waals surface area contributed by atoms with Gasteiger partial charge in [-0.15, -0.1) is 0 Å². The molecule has 4 aromatic rings. The second-order valence-corrected chi connectivity index (χ2v) is 17.0. The van der Waals surface area contributed by atoms with Crippen LogP contribution in [0.2, 0.25) is 0 Å². The summed E-state index contributed by atoms with van der Waals surface area (Å²) in [5.74, 6) is -2.05.